The van der Waals surface area contributed by atoms with Crippen molar-refractivity contribution in [3.05, 3.63) is 11.9 Å². The maximum atomic E-state index is 8.74. The van der Waals surface area contributed by atoms with E-state index in [-0.39, 0.29) is 6.61 Å². The molecule has 1 aromatic rings. The van der Waals surface area contributed by atoms with Gasteiger partial charge in [-0.25, -0.2) is 9.97 Å². The molecule has 0 spiro atoms. The Morgan fingerprint density at radius 2 is 1.90 bits per heavy atom. The molecule has 6 heteroatoms. The van der Waals surface area contributed by atoms with Gasteiger partial charge in [0.1, 0.15) is 17.5 Å². The number of nitrogens with zero attached hydrogens (tertiary/aromatic N) is 2. The van der Waals surface area contributed by atoms with E-state index in [0.29, 0.717) is 5.92 Å². The van der Waals surface area contributed by atoms with E-state index in [1.165, 1.54) is 12.8 Å². The minimum atomic E-state index is 0.281. The maximum Gasteiger partial charge on any atom is 0.136 e. The number of hydrogen-bond donors (Lipinski definition) is 3. The Morgan fingerprint density at radius 3 is 2.52 bits per heavy atom. The van der Waals surface area contributed by atoms with Gasteiger partial charge in [-0.05, 0) is 31.4 Å². The second-order valence-electron chi connectivity index (χ2n) is 5.31. The number of aliphatic hydroxyl groups excluding tert-OH is 1. The fourth-order valence-electron chi connectivity index (χ4n) is 1.94. The molecule has 1 aromatic heterocycles. The van der Waals surface area contributed by atoms with Gasteiger partial charge in [0.05, 0.1) is 0 Å². The highest BCUT2D eigenvalue weighted by Gasteiger charge is 2.27. The van der Waals surface area contributed by atoms with Crippen molar-refractivity contribution in [1.29, 1.82) is 0 Å². The summed E-state index contributed by atoms with van der Waals surface area (Å²) in [4.78, 5) is 9.23. The topological polar surface area (TPSA) is 70.1 Å². The van der Waals surface area contributed by atoms with Gasteiger partial charge in [0.2, 0.25) is 0 Å². The van der Waals surface area contributed by atoms with E-state index >= 15 is 0 Å². The Morgan fingerprint density at radius 1 is 1.19 bits per heavy atom. The molecule has 21 heavy (non-hydrogen) atoms. The van der Waals surface area contributed by atoms with Crippen molar-refractivity contribution < 1.29 is 5.11 Å². The van der Waals surface area contributed by atoms with Crippen molar-refractivity contribution in [2.75, 3.05) is 41.8 Å². The van der Waals surface area contributed by atoms with E-state index in [1.807, 2.05) is 17.8 Å². The van der Waals surface area contributed by atoms with E-state index in [2.05, 4.69) is 27.5 Å². The van der Waals surface area contributed by atoms with Crippen LogP contribution in [0.4, 0.5) is 11.6 Å². The number of thioether (sulfide) groups is 1. The van der Waals surface area contributed by atoms with Crippen LogP contribution >= 0.6 is 11.8 Å². The summed E-state index contributed by atoms with van der Waals surface area (Å²) in [5.74, 6) is 5.44. The molecule has 1 fully saturated rings. The Labute approximate surface area is 131 Å². The Bertz CT molecular complexity index is 426. The summed E-state index contributed by atoms with van der Waals surface area (Å²) in [6, 6.07) is 2.00. The van der Waals surface area contributed by atoms with Crippen LogP contribution in [0.5, 0.6) is 0 Å². The van der Waals surface area contributed by atoms with Gasteiger partial charge in [0.25, 0.3) is 0 Å². The predicted molar refractivity (Wildman–Crippen MR) is 90.3 cm³/mol. The second-order valence-corrected chi connectivity index (χ2v) is 6.54. The largest absolute Gasteiger partial charge is 0.396 e. The molecule has 0 atom stereocenters. The molecular weight excluding hydrogens is 284 g/mol. The van der Waals surface area contributed by atoms with Crippen molar-refractivity contribution in [2.24, 2.45) is 0 Å². The van der Waals surface area contributed by atoms with Gasteiger partial charge in [-0.1, -0.05) is 6.92 Å². The summed E-state index contributed by atoms with van der Waals surface area (Å²) in [5.41, 5.74) is 0. The average Bonchev–Trinajstić information content (AvgIpc) is 3.33. The fourth-order valence-corrected chi connectivity index (χ4v) is 2.73. The molecule has 0 aliphatic heterocycles. The van der Waals surface area contributed by atoms with Crippen LogP contribution in [0.25, 0.3) is 0 Å². The van der Waals surface area contributed by atoms with Crippen LogP contribution in [0.2, 0.25) is 0 Å². The molecule has 0 saturated heterocycles. The van der Waals surface area contributed by atoms with Gasteiger partial charge in [-0.2, -0.15) is 11.8 Å². The molecule has 0 bridgehead atoms. The minimum Gasteiger partial charge on any atom is -0.396 e. The highest BCUT2D eigenvalue weighted by molar-refractivity contribution is 7.99. The summed E-state index contributed by atoms with van der Waals surface area (Å²) in [6.07, 6.45) is 4.39. The monoisotopic (exact) mass is 310 g/mol. The molecule has 1 saturated carbocycles. The van der Waals surface area contributed by atoms with Crippen LogP contribution in [-0.4, -0.2) is 46.3 Å². The molecule has 1 aliphatic rings. The third-order valence-corrected chi connectivity index (χ3v) is 4.31. The number of anilines is 2. The molecule has 5 nitrogen and oxygen atoms in total. The van der Waals surface area contributed by atoms with Crippen molar-refractivity contribution >= 4 is 23.4 Å². The first-order chi connectivity index (χ1) is 10.3. The van der Waals surface area contributed by atoms with Gasteiger partial charge >= 0.3 is 0 Å². The maximum absolute atomic E-state index is 8.74. The van der Waals surface area contributed by atoms with Crippen molar-refractivity contribution in [2.45, 2.75) is 38.5 Å². The SMILES string of the molecule is CCCNc1cc(NCCSCCCO)nc(C2CC2)n1. The zero-order valence-corrected chi connectivity index (χ0v) is 13.6. The Balaban J connectivity index is 1.83. The lowest BCUT2D eigenvalue weighted by molar-refractivity contribution is 0.296. The molecule has 0 unspecified atom stereocenters. The van der Waals surface area contributed by atoms with Gasteiger partial charge in [-0.15, -0.1) is 0 Å². The summed E-state index contributed by atoms with van der Waals surface area (Å²) in [6.45, 7) is 4.27. The van der Waals surface area contributed by atoms with Crippen LogP contribution in [-0.2, 0) is 0 Å². The van der Waals surface area contributed by atoms with E-state index in [0.717, 1.165) is 54.9 Å². The number of rotatable bonds is 11. The van der Waals surface area contributed by atoms with Crippen LogP contribution in [0.3, 0.4) is 0 Å². The zero-order chi connectivity index (χ0) is 14.9. The van der Waals surface area contributed by atoms with E-state index in [4.69, 9.17) is 5.11 Å². The van der Waals surface area contributed by atoms with E-state index < -0.39 is 0 Å². The summed E-state index contributed by atoms with van der Waals surface area (Å²) in [7, 11) is 0. The third kappa shape index (κ3) is 6.09. The minimum absolute atomic E-state index is 0.281. The first-order valence-electron chi connectivity index (χ1n) is 7.88. The lowest BCUT2D eigenvalue weighted by atomic mass is 10.3. The molecule has 118 valence electrons. The lowest BCUT2D eigenvalue weighted by Crippen LogP contribution is -2.10. The molecule has 0 aromatic carbocycles. The third-order valence-electron chi connectivity index (χ3n) is 3.24. The number of hydrogen-bond acceptors (Lipinski definition) is 6. The number of aliphatic hydroxyl groups is 1. The first-order valence-corrected chi connectivity index (χ1v) is 9.04. The number of aromatic nitrogens is 2. The van der Waals surface area contributed by atoms with Gasteiger partial charge in [-0.3, -0.25) is 0 Å². The van der Waals surface area contributed by atoms with Gasteiger partial charge in [0.15, 0.2) is 0 Å². The molecule has 0 amide bonds. The Kier molecular flexibility index (Phi) is 7.09. The molecule has 2 rings (SSSR count). The molecule has 1 heterocycles. The smallest absolute Gasteiger partial charge is 0.136 e. The molecular formula is C15H26N4OS. The Hall–Kier alpha value is -1.01. The van der Waals surface area contributed by atoms with Crippen molar-refractivity contribution in [3.8, 4) is 0 Å². The summed E-state index contributed by atoms with van der Waals surface area (Å²) < 4.78 is 0. The number of nitrogens with one attached hydrogen (secondary N) is 2. The lowest BCUT2D eigenvalue weighted by Gasteiger charge is -2.10. The van der Waals surface area contributed by atoms with Crippen molar-refractivity contribution in [3.63, 3.8) is 0 Å². The van der Waals surface area contributed by atoms with E-state index in [9.17, 15) is 0 Å². The van der Waals surface area contributed by atoms with E-state index in [1.54, 1.807) is 0 Å². The van der Waals surface area contributed by atoms with Crippen LogP contribution in [0, 0.1) is 0 Å². The van der Waals surface area contributed by atoms with Crippen LogP contribution in [0.15, 0.2) is 6.07 Å². The van der Waals surface area contributed by atoms with Gasteiger partial charge in [0, 0.05) is 37.4 Å². The second kappa shape index (κ2) is 9.10. The highest BCUT2D eigenvalue weighted by atomic mass is 32.2. The summed E-state index contributed by atoms with van der Waals surface area (Å²) >= 11 is 1.86. The highest BCUT2D eigenvalue weighted by Crippen LogP contribution is 2.38. The van der Waals surface area contributed by atoms with Crippen LogP contribution < -0.4 is 10.6 Å². The standard InChI is InChI=1S/C15H26N4OS/c1-2-6-16-13-11-14(17-7-10-21-9-3-8-20)19-15(18-13)12-4-5-12/h11-12,20H,2-10H2,1H3,(H2,16,17,18,19). The quantitative estimate of drug-likeness (QED) is 0.546. The zero-order valence-electron chi connectivity index (χ0n) is 12.8. The predicted octanol–water partition coefficient (Wildman–Crippen LogP) is 2.70. The average molecular weight is 310 g/mol. The fraction of sp³-hybridized carbons (Fsp3) is 0.733. The molecule has 3 N–H and O–H groups in total. The first kappa shape index (κ1) is 16.4. The summed E-state index contributed by atoms with van der Waals surface area (Å²) in [5, 5.41) is 15.5. The van der Waals surface area contributed by atoms with Crippen LogP contribution in [0.1, 0.15) is 44.3 Å². The van der Waals surface area contributed by atoms with Gasteiger partial charge < -0.3 is 15.7 Å². The van der Waals surface area contributed by atoms with Crippen molar-refractivity contribution in [1.82, 2.24) is 9.97 Å². The molecule has 0 radical (unpaired) electrons. The molecule has 1 aliphatic carbocycles. The normalized spacial score (nSPS) is 14.2.